The number of aliphatic hydroxyl groups is 1. The largest absolute Gasteiger partial charge is 0.395 e. The van der Waals surface area contributed by atoms with Crippen molar-refractivity contribution in [3.8, 4) is 0 Å². The molecule has 1 atom stereocenters. The first kappa shape index (κ1) is 14.4. The van der Waals surface area contributed by atoms with Crippen molar-refractivity contribution in [3.63, 3.8) is 0 Å². The van der Waals surface area contributed by atoms with E-state index in [2.05, 4.69) is 11.4 Å². The second kappa shape index (κ2) is 6.48. The Hall–Kier alpha value is -1.55. The zero-order chi connectivity index (χ0) is 14.7. The van der Waals surface area contributed by atoms with Gasteiger partial charge in [-0.15, -0.1) is 0 Å². The SMILES string of the molecule is O=C(C1CCNc2ccccc21)N(CCO)C1CCCC1. The van der Waals surface area contributed by atoms with E-state index in [0.717, 1.165) is 37.1 Å². The molecule has 1 heterocycles. The Bertz CT molecular complexity index is 497. The Balaban J connectivity index is 1.83. The first-order valence-corrected chi connectivity index (χ1v) is 8.05. The van der Waals surface area contributed by atoms with E-state index in [1.807, 2.05) is 23.1 Å². The number of aliphatic hydroxyl groups excluding tert-OH is 1. The van der Waals surface area contributed by atoms with Gasteiger partial charge in [-0.05, 0) is 30.9 Å². The van der Waals surface area contributed by atoms with Crippen LogP contribution in [0.15, 0.2) is 24.3 Å². The summed E-state index contributed by atoms with van der Waals surface area (Å²) in [6.45, 7) is 1.36. The number of nitrogens with one attached hydrogen (secondary N) is 1. The van der Waals surface area contributed by atoms with E-state index in [4.69, 9.17) is 0 Å². The van der Waals surface area contributed by atoms with Crippen molar-refractivity contribution < 1.29 is 9.90 Å². The van der Waals surface area contributed by atoms with Crippen molar-refractivity contribution in [1.29, 1.82) is 0 Å². The number of hydrogen-bond acceptors (Lipinski definition) is 3. The van der Waals surface area contributed by atoms with Gasteiger partial charge in [-0.1, -0.05) is 31.0 Å². The topological polar surface area (TPSA) is 52.6 Å². The molecule has 114 valence electrons. The Kier molecular flexibility index (Phi) is 4.44. The third-order valence-electron chi connectivity index (χ3n) is 4.77. The Morgan fingerprint density at radius 1 is 1.24 bits per heavy atom. The number of fused-ring (bicyclic) bond motifs is 1. The van der Waals surface area contributed by atoms with E-state index in [-0.39, 0.29) is 18.4 Å². The minimum atomic E-state index is -0.0606. The molecule has 21 heavy (non-hydrogen) atoms. The minimum absolute atomic E-state index is 0.0505. The first-order chi connectivity index (χ1) is 10.3. The lowest BCUT2D eigenvalue weighted by Crippen LogP contribution is -2.44. The van der Waals surface area contributed by atoms with E-state index in [1.54, 1.807) is 0 Å². The van der Waals surface area contributed by atoms with E-state index < -0.39 is 0 Å². The predicted octanol–water partition coefficient (Wildman–Crippen LogP) is 2.35. The molecule has 1 aliphatic heterocycles. The minimum Gasteiger partial charge on any atom is -0.395 e. The molecular weight excluding hydrogens is 264 g/mol. The maximum Gasteiger partial charge on any atom is 0.230 e. The zero-order valence-electron chi connectivity index (χ0n) is 12.4. The molecule has 0 aromatic heterocycles. The van der Waals surface area contributed by atoms with Crippen LogP contribution in [0.3, 0.4) is 0 Å². The number of rotatable bonds is 4. The molecule has 2 aliphatic rings. The number of para-hydroxylation sites is 1. The van der Waals surface area contributed by atoms with E-state index in [1.165, 1.54) is 12.8 Å². The average molecular weight is 288 g/mol. The lowest BCUT2D eigenvalue weighted by molar-refractivity contribution is -0.135. The fraction of sp³-hybridized carbons (Fsp3) is 0.588. The maximum absolute atomic E-state index is 13.0. The van der Waals surface area contributed by atoms with Gasteiger partial charge in [0.1, 0.15) is 0 Å². The van der Waals surface area contributed by atoms with Crippen molar-refractivity contribution in [2.45, 2.75) is 44.1 Å². The van der Waals surface area contributed by atoms with Gasteiger partial charge in [0, 0.05) is 24.8 Å². The Labute approximate surface area is 126 Å². The second-order valence-corrected chi connectivity index (χ2v) is 6.05. The van der Waals surface area contributed by atoms with Crippen LogP contribution in [0.25, 0.3) is 0 Å². The summed E-state index contributed by atoms with van der Waals surface area (Å²) in [7, 11) is 0. The number of amides is 1. The third-order valence-corrected chi connectivity index (χ3v) is 4.77. The maximum atomic E-state index is 13.0. The average Bonchev–Trinajstić information content (AvgIpc) is 3.05. The van der Waals surface area contributed by atoms with Crippen molar-refractivity contribution in [2.24, 2.45) is 0 Å². The Morgan fingerprint density at radius 3 is 2.76 bits per heavy atom. The Morgan fingerprint density at radius 2 is 2.00 bits per heavy atom. The van der Waals surface area contributed by atoms with E-state index in [9.17, 15) is 9.90 Å². The van der Waals surface area contributed by atoms with E-state index >= 15 is 0 Å². The molecule has 3 rings (SSSR count). The summed E-state index contributed by atoms with van der Waals surface area (Å²) in [4.78, 5) is 15.0. The summed E-state index contributed by atoms with van der Waals surface area (Å²) < 4.78 is 0. The number of carbonyl (C=O) groups is 1. The number of benzene rings is 1. The quantitative estimate of drug-likeness (QED) is 0.894. The highest BCUT2D eigenvalue weighted by Crippen LogP contribution is 2.34. The molecule has 0 bridgehead atoms. The van der Waals surface area contributed by atoms with Gasteiger partial charge in [0.05, 0.1) is 12.5 Å². The van der Waals surface area contributed by atoms with Gasteiger partial charge in [-0.2, -0.15) is 0 Å². The van der Waals surface area contributed by atoms with Gasteiger partial charge in [0.25, 0.3) is 0 Å². The van der Waals surface area contributed by atoms with Crippen LogP contribution in [-0.4, -0.2) is 41.7 Å². The van der Waals surface area contributed by atoms with Crippen LogP contribution in [0.1, 0.15) is 43.6 Å². The second-order valence-electron chi connectivity index (χ2n) is 6.05. The highest BCUT2D eigenvalue weighted by Gasteiger charge is 2.33. The first-order valence-electron chi connectivity index (χ1n) is 8.05. The predicted molar refractivity (Wildman–Crippen MR) is 83.3 cm³/mol. The van der Waals surface area contributed by atoms with Crippen LogP contribution in [0.5, 0.6) is 0 Å². The van der Waals surface area contributed by atoms with Crippen LogP contribution in [-0.2, 0) is 4.79 Å². The van der Waals surface area contributed by atoms with Crippen LogP contribution >= 0.6 is 0 Å². The van der Waals surface area contributed by atoms with Gasteiger partial charge in [0.15, 0.2) is 0 Å². The summed E-state index contributed by atoms with van der Waals surface area (Å²) >= 11 is 0. The monoisotopic (exact) mass is 288 g/mol. The summed E-state index contributed by atoms with van der Waals surface area (Å²) in [6.07, 6.45) is 5.40. The van der Waals surface area contributed by atoms with Crippen LogP contribution in [0.2, 0.25) is 0 Å². The molecule has 2 N–H and O–H groups in total. The molecule has 1 unspecified atom stereocenters. The highest BCUT2D eigenvalue weighted by atomic mass is 16.3. The summed E-state index contributed by atoms with van der Waals surface area (Å²) in [5, 5.41) is 12.7. The standard InChI is InChI=1S/C17H24N2O2/c20-12-11-19(13-5-1-2-6-13)17(21)15-9-10-18-16-8-4-3-7-14(15)16/h3-4,7-8,13,15,18,20H,1-2,5-6,9-12H2. The smallest absolute Gasteiger partial charge is 0.230 e. The fourth-order valence-corrected chi connectivity index (χ4v) is 3.72. The number of hydrogen-bond donors (Lipinski definition) is 2. The van der Waals surface area contributed by atoms with Gasteiger partial charge in [0.2, 0.25) is 5.91 Å². The van der Waals surface area contributed by atoms with Gasteiger partial charge < -0.3 is 15.3 Å². The summed E-state index contributed by atoms with van der Waals surface area (Å²) in [5.74, 6) is 0.138. The lowest BCUT2D eigenvalue weighted by Gasteiger charge is -2.34. The highest BCUT2D eigenvalue weighted by molar-refractivity contribution is 5.86. The molecule has 1 fully saturated rings. The molecule has 1 saturated carbocycles. The van der Waals surface area contributed by atoms with Crippen LogP contribution in [0.4, 0.5) is 5.69 Å². The molecule has 1 aromatic rings. The van der Waals surface area contributed by atoms with Gasteiger partial charge in [-0.3, -0.25) is 4.79 Å². The molecule has 1 amide bonds. The molecule has 0 saturated heterocycles. The van der Waals surface area contributed by atoms with Crippen molar-refractivity contribution in [3.05, 3.63) is 29.8 Å². The fourth-order valence-electron chi connectivity index (χ4n) is 3.72. The molecule has 1 aromatic carbocycles. The van der Waals surface area contributed by atoms with Crippen molar-refractivity contribution in [2.75, 3.05) is 25.0 Å². The van der Waals surface area contributed by atoms with Crippen molar-refractivity contribution in [1.82, 2.24) is 4.90 Å². The molecule has 4 nitrogen and oxygen atoms in total. The van der Waals surface area contributed by atoms with Crippen LogP contribution in [0, 0.1) is 0 Å². The van der Waals surface area contributed by atoms with Crippen LogP contribution < -0.4 is 5.32 Å². The van der Waals surface area contributed by atoms with Gasteiger partial charge in [-0.25, -0.2) is 0 Å². The summed E-state index contributed by atoms with van der Waals surface area (Å²) in [5.41, 5.74) is 2.19. The number of nitrogens with zero attached hydrogens (tertiary/aromatic N) is 1. The third kappa shape index (κ3) is 2.91. The normalized spacial score (nSPS) is 21.7. The lowest BCUT2D eigenvalue weighted by atomic mass is 9.89. The molecule has 1 aliphatic carbocycles. The molecule has 0 spiro atoms. The summed E-state index contributed by atoms with van der Waals surface area (Å²) in [6, 6.07) is 8.42. The molecule has 0 radical (unpaired) electrons. The molecular formula is C17H24N2O2. The number of carbonyl (C=O) groups excluding carboxylic acids is 1. The molecule has 4 heteroatoms. The zero-order valence-corrected chi connectivity index (χ0v) is 12.4. The number of anilines is 1. The van der Waals surface area contributed by atoms with Crippen molar-refractivity contribution >= 4 is 11.6 Å². The van der Waals surface area contributed by atoms with Gasteiger partial charge >= 0.3 is 0 Å². The van der Waals surface area contributed by atoms with E-state index in [0.29, 0.717) is 12.6 Å².